The lowest BCUT2D eigenvalue weighted by Gasteiger charge is -2.16. The number of hydrazine groups is 1. The molecule has 0 bridgehead atoms. The summed E-state index contributed by atoms with van der Waals surface area (Å²) in [6.45, 7) is 0. The molecule has 0 radical (unpaired) electrons. The van der Waals surface area contributed by atoms with E-state index in [2.05, 4.69) is 11.5 Å². The molecular weight excluding hydrogens is 266 g/mol. The summed E-state index contributed by atoms with van der Waals surface area (Å²) in [4.78, 5) is 1.30. The maximum absolute atomic E-state index is 13.7. The fourth-order valence-corrected chi connectivity index (χ4v) is 2.80. The predicted octanol–water partition coefficient (Wildman–Crippen LogP) is 3.55. The van der Waals surface area contributed by atoms with Crippen molar-refractivity contribution in [1.29, 1.82) is 0 Å². The molecule has 0 saturated heterocycles. The Bertz CT molecular complexity index is 514. The average Bonchev–Trinajstić information content (AvgIpc) is 2.89. The lowest BCUT2D eigenvalue weighted by atomic mass is 10.0. The molecule has 19 heavy (non-hydrogen) atoms. The van der Waals surface area contributed by atoms with Crippen molar-refractivity contribution in [3.63, 3.8) is 0 Å². The van der Waals surface area contributed by atoms with Crippen LogP contribution in [0.25, 0.3) is 0 Å². The van der Waals surface area contributed by atoms with E-state index in [0.29, 0.717) is 12.0 Å². The Labute approximate surface area is 115 Å². The summed E-state index contributed by atoms with van der Waals surface area (Å²) in [5.41, 5.74) is 3.01. The van der Waals surface area contributed by atoms with Crippen LogP contribution in [0.5, 0.6) is 0 Å². The summed E-state index contributed by atoms with van der Waals surface area (Å²) >= 11 is 1.71. The van der Waals surface area contributed by atoms with Crippen molar-refractivity contribution in [3.05, 3.63) is 57.8 Å². The molecule has 0 aliphatic rings. The van der Waals surface area contributed by atoms with Gasteiger partial charge in [-0.25, -0.2) is 8.78 Å². The van der Waals surface area contributed by atoms with Gasteiger partial charge >= 0.3 is 0 Å². The van der Waals surface area contributed by atoms with Gasteiger partial charge in [-0.05, 0) is 36.8 Å². The van der Waals surface area contributed by atoms with Crippen LogP contribution in [-0.2, 0) is 6.42 Å². The summed E-state index contributed by atoms with van der Waals surface area (Å²) in [6, 6.07) is 7.38. The second kappa shape index (κ2) is 6.75. The van der Waals surface area contributed by atoms with Crippen LogP contribution in [0.1, 0.15) is 29.3 Å². The van der Waals surface area contributed by atoms with Crippen LogP contribution in [0.15, 0.2) is 35.7 Å². The zero-order valence-corrected chi connectivity index (χ0v) is 11.2. The van der Waals surface area contributed by atoms with E-state index in [1.54, 1.807) is 11.3 Å². The summed E-state index contributed by atoms with van der Waals surface area (Å²) in [5.74, 6) is 4.33. The maximum atomic E-state index is 13.7. The van der Waals surface area contributed by atoms with E-state index in [-0.39, 0.29) is 6.04 Å². The largest absolute Gasteiger partial charge is 0.271 e. The van der Waals surface area contributed by atoms with Gasteiger partial charge in [0.05, 0.1) is 0 Å². The quantitative estimate of drug-likeness (QED) is 0.628. The monoisotopic (exact) mass is 282 g/mol. The molecule has 3 N–H and O–H groups in total. The van der Waals surface area contributed by atoms with Gasteiger partial charge in [0.25, 0.3) is 0 Å². The zero-order valence-electron chi connectivity index (χ0n) is 10.4. The van der Waals surface area contributed by atoms with Crippen LogP contribution in [0.3, 0.4) is 0 Å². The van der Waals surface area contributed by atoms with Crippen molar-refractivity contribution in [2.45, 2.75) is 25.3 Å². The molecule has 2 rings (SSSR count). The molecule has 0 fully saturated rings. The molecule has 0 saturated carbocycles. The molecule has 102 valence electrons. The zero-order chi connectivity index (χ0) is 13.7. The minimum atomic E-state index is -0.574. The Morgan fingerprint density at radius 3 is 2.74 bits per heavy atom. The molecule has 1 unspecified atom stereocenters. The fourth-order valence-electron chi connectivity index (χ4n) is 2.05. The molecular formula is C14H16F2N2S. The van der Waals surface area contributed by atoms with E-state index in [1.165, 1.54) is 17.0 Å². The number of nitrogens with two attached hydrogens (primary N) is 1. The number of aryl methyl sites for hydroxylation is 1. The van der Waals surface area contributed by atoms with Gasteiger partial charge in [0.15, 0.2) is 0 Å². The Morgan fingerprint density at radius 1 is 1.26 bits per heavy atom. The number of hydrogen-bond donors (Lipinski definition) is 2. The highest BCUT2D eigenvalue weighted by atomic mass is 32.1. The minimum Gasteiger partial charge on any atom is -0.271 e. The number of nitrogens with one attached hydrogen (secondary N) is 1. The second-order valence-corrected chi connectivity index (χ2v) is 5.39. The van der Waals surface area contributed by atoms with Crippen molar-refractivity contribution in [2.24, 2.45) is 5.84 Å². The number of benzene rings is 1. The SMILES string of the molecule is NNC(CCCc1cccs1)c1ccc(F)cc1F. The lowest BCUT2D eigenvalue weighted by Crippen LogP contribution is -2.28. The number of rotatable bonds is 6. The van der Waals surface area contributed by atoms with E-state index in [0.717, 1.165) is 18.9 Å². The van der Waals surface area contributed by atoms with Crippen molar-refractivity contribution in [3.8, 4) is 0 Å². The van der Waals surface area contributed by atoms with Crippen LogP contribution < -0.4 is 11.3 Å². The Hall–Kier alpha value is -1.30. The molecule has 1 aromatic heterocycles. The first kappa shape index (κ1) is 14.1. The lowest BCUT2D eigenvalue weighted by molar-refractivity contribution is 0.469. The average molecular weight is 282 g/mol. The van der Waals surface area contributed by atoms with Crippen molar-refractivity contribution in [1.82, 2.24) is 5.43 Å². The van der Waals surface area contributed by atoms with Gasteiger partial charge in [-0.15, -0.1) is 11.3 Å². The number of halogens is 2. The molecule has 2 nitrogen and oxygen atoms in total. The van der Waals surface area contributed by atoms with Crippen molar-refractivity contribution < 1.29 is 8.78 Å². The van der Waals surface area contributed by atoms with Gasteiger partial charge in [0.1, 0.15) is 11.6 Å². The molecule has 1 heterocycles. The van der Waals surface area contributed by atoms with Crippen molar-refractivity contribution >= 4 is 11.3 Å². The molecule has 0 aliphatic heterocycles. The predicted molar refractivity (Wildman–Crippen MR) is 73.7 cm³/mol. The van der Waals surface area contributed by atoms with Gasteiger partial charge in [-0.1, -0.05) is 12.1 Å². The first-order valence-corrected chi connectivity index (χ1v) is 7.02. The Balaban J connectivity index is 1.95. The Morgan fingerprint density at radius 2 is 2.11 bits per heavy atom. The van der Waals surface area contributed by atoms with Crippen LogP contribution in [0, 0.1) is 11.6 Å². The summed E-state index contributed by atoms with van der Waals surface area (Å²) in [5, 5.41) is 2.04. The van der Waals surface area contributed by atoms with E-state index >= 15 is 0 Å². The third-order valence-corrected chi connectivity index (χ3v) is 3.97. The minimum absolute atomic E-state index is 0.291. The number of thiophene rings is 1. The van der Waals surface area contributed by atoms with Gasteiger partial charge in [-0.3, -0.25) is 11.3 Å². The summed E-state index contributed by atoms with van der Waals surface area (Å²) in [6.07, 6.45) is 2.54. The first-order chi connectivity index (χ1) is 9.20. The highest BCUT2D eigenvalue weighted by molar-refractivity contribution is 7.09. The molecule has 5 heteroatoms. The van der Waals surface area contributed by atoms with Crippen LogP contribution in [0.2, 0.25) is 0 Å². The van der Waals surface area contributed by atoms with Gasteiger partial charge < -0.3 is 0 Å². The first-order valence-electron chi connectivity index (χ1n) is 6.14. The smallest absolute Gasteiger partial charge is 0.130 e. The highest BCUT2D eigenvalue weighted by Crippen LogP contribution is 2.23. The van der Waals surface area contributed by atoms with Gasteiger partial charge in [0, 0.05) is 22.5 Å². The molecule has 0 spiro atoms. The Kier molecular flexibility index (Phi) is 5.01. The highest BCUT2D eigenvalue weighted by Gasteiger charge is 2.14. The molecule has 1 atom stereocenters. The normalized spacial score (nSPS) is 12.6. The van der Waals surface area contributed by atoms with Crippen LogP contribution >= 0.6 is 11.3 Å². The third-order valence-electron chi connectivity index (χ3n) is 3.04. The van der Waals surface area contributed by atoms with Gasteiger partial charge in [-0.2, -0.15) is 0 Å². The van der Waals surface area contributed by atoms with E-state index in [1.807, 2.05) is 11.4 Å². The van der Waals surface area contributed by atoms with E-state index in [9.17, 15) is 8.78 Å². The van der Waals surface area contributed by atoms with E-state index < -0.39 is 11.6 Å². The maximum Gasteiger partial charge on any atom is 0.130 e. The number of hydrogen-bond acceptors (Lipinski definition) is 3. The summed E-state index contributed by atoms with van der Waals surface area (Å²) in [7, 11) is 0. The van der Waals surface area contributed by atoms with Crippen LogP contribution in [-0.4, -0.2) is 0 Å². The molecule has 1 aromatic carbocycles. The van der Waals surface area contributed by atoms with Crippen molar-refractivity contribution in [2.75, 3.05) is 0 Å². The third kappa shape index (κ3) is 3.83. The molecule has 0 amide bonds. The van der Waals surface area contributed by atoms with Gasteiger partial charge in [0.2, 0.25) is 0 Å². The second-order valence-electron chi connectivity index (χ2n) is 4.36. The molecule has 0 aliphatic carbocycles. The standard InChI is InChI=1S/C14H16F2N2S/c15-10-6-7-12(13(16)9-10)14(18-17)5-1-3-11-4-2-8-19-11/h2,4,6-9,14,18H,1,3,5,17H2. The molecule has 2 aromatic rings. The topological polar surface area (TPSA) is 38.0 Å². The van der Waals surface area contributed by atoms with Crippen LogP contribution in [0.4, 0.5) is 8.78 Å². The summed E-state index contributed by atoms with van der Waals surface area (Å²) < 4.78 is 26.5. The fraction of sp³-hybridized carbons (Fsp3) is 0.286. The van der Waals surface area contributed by atoms with E-state index in [4.69, 9.17) is 5.84 Å².